The summed E-state index contributed by atoms with van der Waals surface area (Å²) in [7, 11) is 0. The highest BCUT2D eigenvalue weighted by molar-refractivity contribution is 6.08. The molecule has 0 aliphatic carbocycles. The van der Waals surface area contributed by atoms with Crippen LogP contribution in [0.1, 0.15) is 16.8 Å². The molecule has 0 fully saturated rings. The first kappa shape index (κ1) is 16.5. The number of benzene rings is 1. The SMILES string of the molecule is N=C(/C=C(\NCc1ccccc1F)c1ccncc1)c1ccccn1. The van der Waals surface area contributed by atoms with Crippen LogP contribution in [-0.2, 0) is 6.54 Å². The second-order valence-corrected chi connectivity index (χ2v) is 5.37. The maximum absolute atomic E-state index is 13.8. The molecule has 0 saturated carbocycles. The number of halogens is 1. The third kappa shape index (κ3) is 4.35. The summed E-state index contributed by atoms with van der Waals surface area (Å²) in [6, 6.07) is 15.7. The lowest BCUT2D eigenvalue weighted by molar-refractivity contribution is 0.605. The Morgan fingerprint density at radius 2 is 1.76 bits per heavy atom. The number of hydrogen-bond acceptors (Lipinski definition) is 4. The summed E-state index contributed by atoms with van der Waals surface area (Å²) in [5, 5.41) is 11.5. The van der Waals surface area contributed by atoms with Crippen LogP contribution in [0, 0.1) is 11.2 Å². The number of aromatic nitrogens is 2. The fraction of sp³-hybridized carbons (Fsp3) is 0.0500. The minimum absolute atomic E-state index is 0.260. The van der Waals surface area contributed by atoms with E-state index in [0.29, 0.717) is 23.5 Å². The lowest BCUT2D eigenvalue weighted by Gasteiger charge is -2.12. The van der Waals surface area contributed by atoms with Crippen LogP contribution in [0.2, 0.25) is 0 Å². The van der Waals surface area contributed by atoms with Gasteiger partial charge in [0.1, 0.15) is 5.82 Å². The lowest BCUT2D eigenvalue weighted by atomic mass is 10.1. The first-order valence-electron chi connectivity index (χ1n) is 7.83. The Kier molecular flexibility index (Phi) is 5.26. The number of nitrogens with one attached hydrogen (secondary N) is 2. The number of rotatable bonds is 6. The summed E-state index contributed by atoms with van der Waals surface area (Å²) in [5.41, 5.74) is 2.98. The molecule has 2 heterocycles. The Balaban J connectivity index is 1.87. The highest BCUT2D eigenvalue weighted by Gasteiger charge is 2.07. The quantitative estimate of drug-likeness (QED) is 0.675. The van der Waals surface area contributed by atoms with E-state index >= 15 is 0 Å². The van der Waals surface area contributed by atoms with Crippen molar-refractivity contribution < 1.29 is 4.39 Å². The third-order valence-corrected chi connectivity index (χ3v) is 3.65. The molecule has 3 aromatic rings. The largest absolute Gasteiger partial charge is 0.380 e. The molecular formula is C20H17FN4. The molecule has 4 nitrogen and oxygen atoms in total. The van der Waals surface area contributed by atoms with Crippen molar-refractivity contribution in [2.45, 2.75) is 6.54 Å². The van der Waals surface area contributed by atoms with Crippen molar-refractivity contribution in [3.05, 3.63) is 102 Å². The van der Waals surface area contributed by atoms with Gasteiger partial charge in [-0.25, -0.2) is 4.39 Å². The molecule has 0 radical (unpaired) electrons. The molecule has 0 spiro atoms. The molecule has 0 aliphatic heterocycles. The van der Waals surface area contributed by atoms with Crippen molar-refractivity contribution >= 4 is 11.4 Å². The van der Waals surface area contributed by atoms with E-state index in [1.807, 2.05) is 18.2 Å². The highest BCUT2D eigenvalue weighted by atomic mass is 19.1. The zero-order valence-electron chi connectivity index (χ0n) is 13.5. The average Bonchev–Trinajstić information content (AvgIpc) is 2.67. The minimum atomic E-state index is -0.260. The van der Waals surface area contributed by atoms with Gasteiger partial charge < -0.3 is 5.32 Å². The Labute approximate surface area is 145 Å². The van der Waals surface area contributed by atoms with Crippen molar-refractivity contribution in [2.75, 3.05) is 0 Å². The number of hydrogen-bond donors (Lipinski definition) is 2. The Hall–Kier alpha value is -3.34. The van der Waals surface area contributed by atoms with Gasteiger partial charge in [-0.1, -0.05) is 24.3 Å². The van der Waals surface area contributed by atoms with E-state index < -0.39 is 0 Å². The van der Waals surface area contributed by atoms with Gasteiger partial charge in [0.25, 0.3) is 0 Å². The van der Waals surface area contributed by atoms with E-state index in [0.717, 1.165) is 5.56 Å². The third-order valence-electron chi connectivity index (χ3n) is 3.65. The summed E-state index contributed by atoms with van der Waals surface area (Å²) in [5.74, 6) is -0.260. The van der Waals surface area contributed by atoms with Crippen molar-refractivity contribution in [3.8, 4) is 0 Å². The van der Waals surface area contributed by atoms with Gasteiger partial charge in [0.15, 0.2) is 0 Å². The van der Waals surface area contributed by atoms with Crippen LogP contribution in [0.4, 0.5) is 4.39 Å². The normalized spacial score (nSPS) is 11.2. The van der Waals surface area contributed by atoms with E-state index in [2.05, 4.69) is 15.3 Å². The lowest BCUT2D eigenvalue weighted by Crippen LogP contribution is -2.15. The van der Waals surface area contributed by atoms with E-state index in [9.17, 15) is 4.39 Å². The molecule has 0 bridgehead atoms. The van der Waals surface area contributed by atoms with Crippen molar-refractivity contribution in [1.82, 2.24) is 15.3 Å². The number of pyridine rings is 2. The molecule has 3 rings (SSSR count). The maximum atomic E-state index is 13.8. The molecule has 0 aliphatic rings. The predicted octanol–water partition coefficient (Wildman–Crippen LogP) is 3.81. The van der Waals surface area contributed by atoms with Crippen molar-refractivity contribution in [2.24, 2.45) is 0 Å². The smallest absolute Gasteiger partial charge is 0.128 e. The number of nitrogens with zero attached hydrogens (tertiary/aromatic N) is 2. The zero-order valence-corrected chi connectivity index (χ0v) is 13.5. The van der Waals surface area contributed by atoms with Crippen LogP contribution < -0.4 is 5.32 Å². The fourth-order valence-electron chi connectivity index (χ4n) is 2.34. The standard InChI is InChI=1S/C20H17FN4/c21-17-6-2-1-5-16(17)14-25-20(15-8-11-23-12-9-15)13-18(22)19-7-3-4-10-24-19/h1-13,22,25H,14H2/b20-13-,22-18?. The number of allylic oxidation sites excluding steroid dienone is 1. The summed E-state index contributed by atoms with van der Waals surface area (Å²) in [6.07, 6.45) is 6.70. The first-order valence-corrected chi connectivity index (χ1v) is 7.83. The highest BCUT2D eigenvalue weighted by Crippen LogP contribution is 2.14. The predicted molar refractivity (Wildman–Crippen MR) is 96.5 cm³/mol. The van der Waals surface area contributed by atoms with Gasteiger partial charge >= 0.3 is 0 Å². The van der Waals surface area contributed by atoms with Gasteiger partial charge in [-0.2, -0.15) is 0 Å². The Morgan fingerprint density at radius 1 is 1.00 bits per heavy atom. The molecule has 0 amide bonds. The van der Waals surface area contributed by atoms with Crippen LogP contribution in [0.15, 0.2) is 79.3 Å². The molecule has 0 atom stereocenters. The van der Waals surface area contributed by atoms with Gasteiger partial charge in [0, 0.05) is 42.0 Å². The Morgan fingerprint density at radius 3 is 2.48 bits per heavy atom. The fourth-order valence-corrected chi connectivity index (χ4v) is 2.34. The molecule has 124 valence electrons. The topological polar surface area (TPSA) is 61.7 Å². The van der Waals surface area contributed by atoms with Crippen LogP contribution in [0.5, 0.6) is 0 Å². The van der Waals surface area contributed by atoms with Crippen molar-refractivity contribution in [1.29, 1.82) is 5.41 Å². The maximum Gasteiger partial charge on any atom is 0.128 e. The van der Waals surface area contributed by atoms with Crippen LogP contribution in [0.25, 0.3) is 5.70 Å². The summed E-state index contributed by atoms with van der Waals surface area (Å²) in [4.78, 5) is 8.21. The van der Waals surface area contributed by atoms with Gasteiger partial charge in [0.05, 0.1) is 11.4 Å². The molecule has 5 heteroatoms. The Bertz CT molecular complexity index is 876. The van der Waals surface area contributed by atoms with E-state index in [-0.39, 0.29) is 11.5 Å². The van der Waals surface area contributed by atoms with Gasteiger partial charge in [-0.05, 0) is 36.4 Å². The van der Waals surface area contributed by atoms with Gasteiger partial charge in [0.2, 0.25) is 0 Å². The average molecular weight is 332 g/mol. The molecule has 0 unspecified atom stereocenters. The van der Waals surface area contributed by atoms with Gasteiger partial charge in [-0.15, -0.1) is 0 Å². The van der Waals surface area contributed by atoms with E-state index in [1.54, 1.807) is 55.0 Å². The molecule has 0 saturated heterocycles. The first-order chi connectivity index (χ1) is 12.2. The van der Waals surface area contributed by atoms with Crippen LogP contribution in [-0.4, -0.2) is 15.7 Å². The molecular weight excluding hydrogens is 315 g/mol. The monoisotopic (exact) mass is 332 g/mol. The summed E-state index contributed by atoms with van der Waals surface area (Å²) in [6.45, 7) is 0.316. The summed E-state index contributed by atoms with van der Waals surface area (Å²) >= 11 is 0. The second kappa shape index (κ2) is 7.97. The van der Waals surface area contributed by atoms with Crippen LogP contribution in [0.3, 0.4) is 0 Å². The molecule has 2 N–H and O–H groups in total. The summed E-state index contributed by atoms with van der Waals surface area (Å²) < 4.78 is 13.8. The molecule has 25 heavy (non-hydrogen) atoms. The van der Waals surface area contributed by atoms with Crippen LogP contribution >= 0.6 is 0 Å². The van der Waals surface area contributed by atoms with E-state index in [1.165, 1.54) is 6.07 Å². The second-order valence-electron chi connectivity index (χ2n) is 5.37. The van der Waals surface area contributed by atoms with Crippen molar-refractivity contribution in [3.63, 3.8) is 0 Å². The zero-order chi connectivity index (χ0) is 17.5. The van der Waals surface area contributed by atoms with E-state index in [4.69, 9.17) is 5.41 Å². The minimum Gasteiger partial charge on any atom is -0.380 e. The molecule has 2 aromatic heterocycles. The van der Waals surface area contributed by atoms with Gasteiger partial charge in [-0.3, -0.25) is 15.4 Å². The molecule has 1 aromatic carbocycles.